The summed E-state index contributed by atoms with van der Waals surface area (Å²) < 4.78 is 0. The molecule has 0 saturated heterocycles. The number of carbonyl (C=O) groups is 1. The Bertz CT molecular complexity index is 58.9. The molecule has 0 atom stereocenters. The van der Waals surface area contributed by atoms with Gasteiger partial charge in [0.2, 0.25) is 6.41 Å². The van der Waals surface area contributed by atoms with Gasteiger partial charge in [0.05, 0.1) is 6.54 Å². The van der Waals surface area contributed by atoms with Crippen LogP contribution in [0.4, 0.5) is 0 Å². The number of nitrogens with zero attached hydrogens (tertiary/aromatic N) is 1. The van der Waals surface area contributed by atoms with E-state index in [9.17, 15) is 4.79 Å². The molecule has 0 heterocycles. The highest BCUT2D eigenvalue weighted by molar-refractivity contribution is 6.18. The molecule has 1 amide bonds. The number of hydrogen-bond acceptors (Lipinski definition) is 2. The van der Waals surface area contributed by atoms with E-state index in [0.717, 1.165) is 5.01 Å². The van der Waals surface area contributed by atoms with Crippen molar-refractivity contribution in [1.29, 1.82) is 0 Å². The van der Waals surface area contributed by atoms with Crippen molar-refractivity contribution in [1.82, 2.24) is 5.01 Å². The smallest absolute Gasteiger partial charge is 0.223 e. The molecule has 42 valence electrons. The van der Waals surface area contributed by atoms with E-state index in [2.05, 4.69) is 0 Å². The van der Waals surface area contributed by atoms with Crippen molar-refractivity contribution in [3.63, 3.8) is 0 Å². The van der Waals surface area contributed by atoms with Crippen molar-refractivity contribution in [3.8, 4) is 0 Å². The molecule has 7 heavy (non-hydrogen) atoms. The summed E-state index contributed by atoms with van der Waals surface area (Å²) in [6.45, 7) is 0.408. The minimum absolute atomic E-state index is 0.384. The fourth-order valence-corrected chi connectivity index (χ4v) is 0.345. The largest absolute Gasteiger partial charge is 0.282 e. The van der Waals surface area contributed by atoms with Gasteiger partial charge in [-0.05, 0) is 0 Å². The Morgan fingerprint density at radius 3 is 2.57 bits per heavy atom. The van der Waals surface area contributed by atoms with Gasteiger partial charge in [-0.3, -0.25) is 9.80 Å². The molecule has 0 fully saturated rings. The van der Waals surface area contributed by atoms with Crippen molar-refractivity contribution in [3.05, 3.63) is 0 Å². The summed E-state index contributed by atoms with van der Waals surface area (Å²) in [5.74, 6) is 5.35. The Morgan fingerprint density at radius 2 is 2.43 bits per heavy atom. The third-order valence-electron chi connectivity index (χ3n) is 0.478. The van der Waals surface area contributed by atoms with Gasteiger partial charge < -0.3 is 0 Å². The van der Waals surface area contributed by atoms with Crippen LogP contribution in [-0.4, -0.2) is 23.8 Å². The zero-order valence-corrected chi connectivity index (χ0v) is 4.56. The van der Waals surface area contributed by atoms with E-state index in [1.54, 1.807) is 0 Å². The van der Waals surface area contributed by atoms with E-state index in [0.29, 0.717) is 18.8 Å². The average molecular weight is 123 g/mol. The Kier molecular flexibility index (Phi) is 3.74. The molecule has 0 radical (unpaired) electrons. The number of hydrazine groups is 1. The van der Waals surface area contributed by atoms with E-state index in [1.165, 1.54) is 0 Å². The summed E-state index contributed by atoms with van der Waals surface area (Å²) in [5.41, 5.74) is 0. The molecular weight excluding hydrogens is 115 g/mol. The number of rotatable bonds is 3. The van der Waals surface area contributed by atoms with Crippen molar-refractivity contribution < 1.29 is 4.79 Å². The minimum Gasteiger partial charge on any atom is -0.282 e. The van der Waals surface area contributed by atoms with Crippen molar-refractivity contribution in [2.24, 2.45) is 5.84 Å². The Labute approximate surface area is 47.0 Å². The van der Waals surface area contributed by atoms with Crippen molar-refractivity contribution in [2.75, 3.05) is 12.4 Å². The van der Waals surface area contributed by atoms with Gasteiger partial charge in [0.25, 0.3) is 0 Å². The lowest BCUT2D eigenvalue weighted by Crippen LogP contribution is -2.30. The number of halogens is 1. The van der Waals surface area contributed by atoms with Gasteiger partial charge in [0.15, 0.2) is 0 Å². The highest BCUT2D eigenvalue weighted by atomic mass is 35.5. The molecule has 2 N–H and O–H groups in total. The number of alkyl halides is 1. The zero-order chi connectivity index (χ0) is 5.70. The van der Waals surface area contributed by atoms with Crippen LogP contribution in [0.15, 0.2) is 0 Å². The second-order valence-corrected chi connectivity index (χ2v) is 1.41. The first kappa shape index (κ1) is 6.72. The molecule has 0 aromatic rings. The molecule has 3 nitrogen and oxygen atoms in total. The molecule has 0 aromatic carbocycles. The van der Waals surface area contributed by atoms with Gasteiger partial charge in [-0.15, -0.1) is 11.6 Å². The summed E-state index contributed by atoms with van der Waals surface area (Å²) in [5, 5.41) is 0.993. The lowest BCUT2D eigenvalue weighted by molar-refractivity contribution is -0.118. The number of carbonyl (C=O) groups excluding carboxylic acids is 1. The predicted octanol–water partition coefficient (Wildman–Crippen LogP) is -0.443. The molecule has 0 spiro atoms. The summed E-state index contributed by atoms with van der Waals surface area (Å²) >= 11 is 5.19. The van der Waals surface area contributed by atoms with Crippen LogP contribution < -0.4 is 5.84 Å². The number of hydrogen-bond donors (Lipinski definition) is 1. The number of nitrogens with two attached hydrogens (primary N) is 1. The van der Waals surface area contributed by atoms with Crippen LogP contribution in [0.3, 0.4) is 0 Å². The second kappa shape index (κ2) is 3.89. The van der Waals surface area contributed by atoms with Crippen LogP contribution in [0, 0.1) is 0 Å². The van der Waals surface area contributed by atoms with Gasteiger partial charge in [-0.25, -0.2) is 5.84 Å². The maximum absolute atomic E-state index is 9.64. The minimum atomic E-state index is 0.384. The first-order valence-electron chi connectivity index (χ1n) is 1.84. The molecule has 4 heteroatoms. The first-order valence-corrected chi connectivity index (χ1v) is 2.37. The maximum Gasteiger partial charge on any atom is 0.223 e. The quantitative estimate of drug-likeness (QED) is 0.181. The van der Waals surface area contributed by atoms with E-state index < -0.39 is 0 Å². The molecule has 0 bridgehead atoms. The second-order valence-electron chi connectivity index (χ2n) is 1.03. The van der Waals surface area contributed by atoms with E-state index in [4.69, 9.17) is 17.4 Å². The normalized spacial score (nSPS) is 8.29. The summed E-state index contributed by atoms with van der Waals surface area (Å²) in [4.78, 5) is 9.64. The van der Waals surface area contributed by atoms with Crippen LogP contribution in [0.1, 0.15) is 0 Å². The average Bonchev–Trinajstić information content (AvgIpc) is 1.68. The van der Waals surface area contributed by atoms with Crippen LogP contribution in [0.5, 0.6) is 0 Å². The number of amides is 1. The molecule has 0 aliphatic heterocycles. The zero-order valence-electron chi connectivity index (χ0n) is 3.80. The molecular formula is C3H7ClN2O. The topological polar surface area (TPSA) is 46.3 Å². The van der Waals surface area contributed by atoms with Gasteiger partial charge in [-0.2, -0.15) is 0 Å². The Hall–Kier alpha value is -0.280. The standard InChI is InChI=1S/C3H7ClN2O/c4-1-2-6(5)3-7/h3H,1-2,5H2. The van der Waals surface area contributed by atoms with Crippen molar-refractivity contribution in [2.45, 2.75) is 0 Å². The summed E-state index contributed by atoms with van der Waals surface area (Å²) in [6, 6.07) is 0. The summed E-state index contributed by atoms with van der Waals surface area (Å²) in [6.07, 6.45) is 0.530. The third kappa shape index (κ3) is 3.55. The fraction of sp³-hybridized carbons (Fsp3) is 0.667. The van der Waals surface area contributed by atoms with E-state index in [1.807, 2.05) is 0 Å². The highest BCUT2D eigenvalue weighted by Crippen LogP contribution is 1.73. The van der Waals surface area contributed by atoms with Crippen LogP contribution in [-0.2, 0) is 4.79 Å². The first-order chi connectivity index (χ1) is 3.31. The Morgan fingerprint density at radius 1 is 1.86 bits per heavy atom. The monoisotopic (exact) mass is 122 g/mol. The van der Waals surface area contributed by atoms with Gasteiger partial charge in [0, 0.05) is 5.88 Å². The highest BCUT2D eigenvalue weighted by Gasteiger charge is 1.86. The van der Waals surface area contributed by atoms with E-state index >= 15 is 0 Å². The molecule has 0 saturated carbocycles. The lowest BCUT2D eigenvalue weighted by atomic mass is 10.7. The molecule has 0 aliphatic carbocycles. The van der Waals surface area contributed by atoms with Gasteiger partial charge in [-0.1, -0.05) is 0 Å². The molecule has 0 aliphatic rings. The SMILES string of the molecule is NN(C=O)CCCl. The fourth-order valence-electron chi connectivity index (χ4n) is 0.150. The third-order valence-corrected chi connectivity index (χ3v) is 0.647. The molecule has 0 aromatic heterocycles. The molecule has 0 unspecified atom stereocenters. The summed E-state index contributed by atoms with van der Waals surface area (Å²) in [7, 11) is 0. The van der Waals surface area contributed by atoms with E-state index in [-0.39, 0.29) is 0 Å². The van der Waals surface area contributed by atoms with Crippen LogP contribution in [0.25, 0.3) is 0 Å². The van der Waals surface area contributed by atoms with Gasteiger partial charge in [0.1, 0.15) is 0 Å². The Balaban J connectivity index is 2.98. The van der Waals surface area contributed by atoms with Crippen molar-refractivity contribution >= 4 is 18.0 Å². The lowest BCUT2D eigenvalue weighted by Gasteiger charge is -2.04. The molecule has 0 rings (SSSR count). The van der Waals surface area contributed by atoms with Crippen LogP contribution >= 0.6 is 11.6 Å². The van der Waals surface area contributed by atoms with Crippen LogP contribution in [0.2, 0.25) is 0 Å². The maximum atomic E-state index is 9.64. The van der Waals surface area contributed by atoms with Gasteiger partial charge >= 0.3 is 0 Å². The predicted molar refractivity (Wildman–Crippen MR) is 27.7 cm³/mol.